The average Bonchev–Trinajstić information content (AvgIpc) is 2.87. The van der Waals surface area contributed by atoms with Crippen LogP contribution in [0, 0.1) is 6.92 Å². The number of anilines is 1. The van der Waals surface area contributed by atoms with E-state index in [-0.39, 0.29) is 17.6 Å². The van der Waals surface area contributed by atoms with Crippen LogP contribution < -0.4 is 15.0 Å². The van der Waals surface area contributed by atoms with Crippen molar-refractivity contribution < 1.29 is 19.1 Å². The van der Waals surface area contributed by atoms with E-state index >= 15 is 0 Å². The number of ether oxygens (including phenoxy) is 2. The van der Waals surface area contributed by atoms with E-state index in [1.165, 1.54) is 0 Å². The Labute approximate surface area is 206 Å². The monoisotopic (exact) mass is 470 g/mol. The quantitative estimate of drug-likeness (QED) is 0.348. The van der Waals surface area contributed by atoms with E-state index in [1.807, 2.05) is 68.4 Å². The molecule has 4 rings (SSSR count). The molecule has 0 saturated heterocycles. The molecule has 0 saturated carbocycles. The first-order valence-corrected chi connectivity index (χ1v) is 11.9. The summed E-state index contributed by atoms with van der Waals surface area (Å²) in [6.07, 6.45) is 2.48. The fourth-order valence-corrected chi connectivity index (χ4v) is 3.92. The van der Waals surface area contributed by atoms with E-state index in [2.05, 4.69) is 11.4 Å². The van der Waals surface area contributed by atoms with Gasteiger partial charge in [0, 0.05) is 25.3 Å². The van der Waals surface area contributed by atoms with Gasteiger partial charge in [0.05, 0.1) is 12.2 Å². The molecule has 1 heterocycles. The highest BCUT2D eigenvalue weighted by Gasteiger charge is 2.30. The van der Waals surface area contributed by atoms with Crippen LogP contribution in [0.5, 0.6) is 5.75 Å². The molecule has 0 bridgehead atoms. The van der Waals surface area contributed by atoms with Gasteiger partial charge in [0.15, 0.2) is 11.5 Å². The highest BCUT2D eigenvalue weighted by atomic mass is 16.5. The second-order valence-electron chi connectivity index (χ2n) is 8.39. The number of para-hydroxylation sites is 2. The minimum atomic E-state index is -0.207. The summed E-state index contributed by atoms with van der Waals surface area (Å²) in [5.74, 6) is 0.531. The van der Waals surface area contributed by atoms with Crippen molar-refractivity contribution in [3.8, 4) is 5.75 Å². The minimum Gasteiger partial charge on any atom is -0.449 e. The number of carbonyl (C=O) groups excluding carboxylic acids is 2. The summed E-state index contributed by atoms with van der Waals surface area (Å²) in [6, 6.07) is 22.8. The lowest BCUT2D eigenvalue weighted by Gasteiger charge is -2.30. The van der Waals surface area contributed by atoms with Gasteiger partial charge in [0.1, 0.15) is 0 Å². The van der Waals surface area contributed by atoms with Crippen LogP contribution in [0.3, 0.4) is 0 Å². The Balaban J connectivity index is 1.50. The zero-order valence-electron chi connectivity index (χ0n) is 20.1. The summed E-state index contributed by atoms with van der Waals surface area (Å²) in [4.78, 5) is 27.5. The molecule has 0 atom stereocenters. The lowest BCUT2D eigenvalue weighted by molar-refractivity contribution is -0.117. The SMILES string of the molecule is CCOCCCNC(=O)c1ccc(/C=C2/Oc3ccccc3N(Cc3cccc(C)c3)C2=O)cc1. The highest BCUT2D eigenvalue weighted by molar-refractivity contribution is 6.09. The molecule has 1 aliphatic rings. The van der Waals surface area contributed by atoms with E-state index < -0.39 is 0 Å². The standard InChI is InChI=1S/C29H30N2O4/c1-3-34-17-7-16-30-28(32)24-14-12-22(13-15-24)19-27-29(33)31(20-23-9-6-8-21(2)18-23)25-10-4-5-11-26(25)35-27/h4-6,8-15,18-19H,3,7,16-17,20H2,1-2H3,(H,30,32)/b27-19+. The predicted octanol–water partition coefficient (Wildman–Crippen LogP) is 5.12. The molecule has 0 radical (unpaired) electrons. The smallest absolute Gasteiger partial charge is 0.294 e. The molecular weight excluding hydrogens is 440 g/mol. The van der Waals surface area contributed by atoms with Crippen molar-refractivity contribution in [2.75, 3.05) is 24.7 Å². The number of nitrogens with one attached hydrogen (secondary N) is 1. The van der Waals surface area contributed by atoms with Gasteiger partial charge in [-0.05, 0) is 61.7 Å². The van der Waals surface area contributed by atoms with Crippen LogP contribution in [0.1, 0.15) is 40.4 Å². The van der Waals surface area contributed by atoms with E-state index in [0.29, 0.717) is 37.6 Å². The molecule has 3 aromatic carbocycles. The second kappa shape index (κ2) is 11.5. The highest BCUT2D eigenvalue weighted by Crippen LogP contribution is 2.36. The largest absolute Gasteiger partial charge is 0.449 e. The molecule has 35 heavy (non-hydrogen) atoms. The Hall–Kier alpha value is -3.90. The van der Waals surface area contributed by atoms with Crippen molar-refractivity contribution in [3.63, 3.8) is 0 Å². The van der Waals surface area contributed by atoms with Crippen molar-refractivity contribution in [1.82, 2.24) is 5.32 Å². The minimum absolute atomic E-state index is 0.135. The fraction of sp³-hybridized carbons (Fsp3) is 0.241. The first-order chi connectivity index (χ1) is 17.0. The number of nitrogens with zero attached hydrogens (tertiary/aromatic N) is 1. The topological polar surface area (TPSA) is 67.9 Å². The van der Waals surface area contributed by atoms with Crippen LogP contribution in [0.15, 0.2) is 78.6 Å². The third-order valence-electron chi connectivity index (χ3n) is 5.68. The number of benzene rings is 3. The Bertz CT molecular complexity index is 1220. The maximum Gasteiger partial charge on any atom is 0.294 e. The molecule has 180 valence electrons. The summed E-state index contributed by atoms with van der Waals surface area (Å²) < 4.78 is 11.3. The Kier molecular flexibility index (Phi) is 7.95. The predicted molar refractivity (Wildman–Crippen MR) is 137 cm³/mol. The van der Waals surface area contributed by atoms with E-state index in [0.717, 1.165) is 28.8 Å². The summed E-state index contributed by atoms with van der Waals surface area (Å²) >= 11 is 0. The number of fused-ring (bicyclic) bond motifs is 1. The van der Waals surface area contributed by atoms with Crippen LogP contribution in [0.2, 0.25) is 0 Å². The molecule has 0 spiro atoms. The fourth-order valence-electron chi connectivity index (χ4n) is 3.92. The summed E-state index contributed by atoms with van der Waals surface area (Å²) in [7, 11) is 0. The van der Waals surface area contributed by atoms with Crippen molar-refractivity contribution >= 4 is 23.6 Å². The molecule has 0 aliphatic carbocycles. The van der Waals surface area contributed by atoms with Gasteiger partial charge in [-0.15, -0.1) is 0 Å². The molecule has 0 fully saturated rings. The van der Waals surface area contributed by atoms with Gasteiger partial charge in [0.25, 0.3) is 11.8 Å². The molecular formula is C29H30N2O4. The number of amides is 2. The van der Waals surface area contributed by atoms with Gasteiger partial charge in [-0.2, -0.15) is 0 Å². The molecule has 6 heteroatoms. The number of aryl methyl sites for hydroxylation is 1. The zero-order chi connectivity index (χ0) is 24.6. The molecule has 3 aromatic rings. The van der Waals surface area contributed by atoms with Crippen LogP contribution >= 0.6 is 0 Å². The molecule has 6 nitrogen and oxygen atoms in total. The Morgan fingerprint density at radius 1 is 1.06 bits per heavy atom. The van der Waals surface area contributed by atoms with Gasteiger partial charge < -0.3 is 14.8 Å². The lowest BCUT2D eigenvalue weighted by atomic mass is 10.1. The van der Waals surface area contributed by atoms with Crippen LogP contribution in [-0.2, 0) is 16.1 Å². The van der Waals surface area contributed by atoms with Crippen molar-refractivity contribution in [1.29, 1.82) is 0 Å². The van der Waals surface area contributed by atoms with Crippen molar-refractivity contribution in [2.45, 2.75) is 26.8 Å². The third-order valence-corrected chi connectivity index (χ3v) is 5.68. The van der Waals surface area contributed by atoms with Gasteiger partial charge >= 0.3 is 0 Å². The Morgan fingerprint density at radius 2 is 1.86 bits per heavy atom. The number of carbonyl (C=O) groups is 2. The lowest BCUT2D eigenvalue weighted by Crippen LogP contribution is -2.36. The number of hydrogen-bond donors (Lipinski definition) is 1. The first kappa shape index (κ1) is 24.2. The molecule has 1 aliphatic heterocycles. The van der Waals surface area contributed by atoms with Gasteiger partial charge in [-0.3, -0.25) is 14.5 Å². The molecule has 2 amide bonds. The number of rotatable bonds is 9. The summed E-state index contributed by atoms with van der Waals surface area (Å²) in [5.41, 5.74) is 4.27. The number of hydrogen-bond acceptors (Lipinski definition) is 4. The van der Waals surface area contributed by atoms with E-state index in [9.17, 15) is 9.59 Å². The van der Waals surface area contributed by atoms with Crippen LogP contribution in [0.25, 0.3) is 6.08 Å². The molecule has 1 N–H and O–H groups in total. The normalized spacial score (nSPS) is 13.9. The second-order valence-corrected chi connectivity index (χ2v) is 8.39. The average molecular weight is 471 g/mol. The van der Waals surface area contributed by atoms with Gasteiger partial charge in [-0.1, -0.05) is 54.1 Å². The van der Waals surface area contributed by atoms with Crippen molar-refractivity contribution in [3.05, 3.63) is 101 Å². The maximum atomic E-state index is 13.4. The van der Waals surface area contributed by atoms with Gasteiger partial charge in [-0.25, -0.2) is 0 Å². The molecule has 0 unspecified atom stereocenters. The maximum absolute atomic E-state index is 13.4. The summed E-state index contributed by atoms with van der Waals surface area (Å²) in [6.45, 7) is 6.29. The van der Waals surface area contributed by atoms with Crippen molar-refractivity contribution in [2.24, 2.45) is 0 Å². The van der Waals surface area contributed by atoms with Gasteiger partial charge in [0.2, 0.25) is 0 Å². The zero-order valence-corrected chi connectivity index (χ0v) is 20.1. The summed E-state index contributed by atoms with van der Waals surface area (Å²) in [5, 5.41) is 2.89. The van der Waals surface area contributed by atoms with E-state index in [1.54, 1.807) is 23.1 Å². The third kappa shape index (κ3) is 6.16. The first-order valence-electron chi connectivity index (χ1n) is 11.9. The van der Waals surface area contributed by atoms with Crippen LogP contribution in [-0.4, -0.2) is 31.6 Å². The molecule has 0 aromatic heterocycles. The van der Waals surface area contributed by atoms with E-state index in [4.69, 9.17) is 9.47 Å². The Morgan fingerprint density at radius 3 is 2.63 bits per heavy atom. The van der Waals surface area contributed by atoms with Crippen LogP contribution in [0.4, 0.5) is 5.69 Å².